The minimum absolute atomic E-state index is 0.0223. The molecular formula is C16H13ClF3NO2. The lowest BCUT2D eigenvalue weighted by Crippen LogP contribution is -2.19. The maximum Gasteiger partial charge on any atom is 0.573 e. The van der Waals surface area contributed by atoms with E-state index in [1.165, 1.54) is 18.2 Å². The van der Waals surface area contributed by atoms with Gasteiger partial charge in [-0.2, -0.15) is 0 Å². The zero-order valence-electron chi connectivity index (χ0n) is 11.9. The highest BCUT2D eigenvalue weighted by molar-refractivity contribution is 6.30. The fourth-order valence-electron chi connectivity index (χ4n) is 1.91. The van der Waals surface area contributed by atoms with E-state index in [0.29, 0.717) is 11.4 Å². The van der Waals surface area contributed by atoms with Crippen molar-refractivity contribution in [1.82, 2.24) is 0 Å². The summed E-state index contributed by atoms with van der Waals surface area (Å²) in [6, 6.07) is 12.4. The van der Waals surface area contributed by atoms with E-state index in [2.05, 4.69) is 10.1 Å². The average molecular weight is 344 g/mol. The summed E-state index contributed by atoms with van der Waals surface area (Å²) < 4.78 is 40.8. The highest BCUT2D eigenvalue weighted by atomic mass is 35.5. The number of hydrogen-bond acceptors (Lipinski definition) is 2. The van der Waals surface area contributed by atoms with E-state index in [-0.39, 0.29) is 12.1 Å². The molecule has 7 heteroatoms. The van der Waals surface area contributed by atoms with Crippen molar-refractivity contribution >= 4 is 23.2 Å². The Morgan fingerprint density at radius 3 is 2.39 bits per heavy atom. The zero-order chi connectivity index (χ0) is 16.9. The van der Waals surface area contributed by atoms with Crippen molar-refractivity contribution in [3.05, 3.63) is 59.1 Å². The molecule has 0 atom stereocenters. The van der Waals surface area contributed by atoms with Gasteiger partial charge in [0.2, 0.25) is 5.91 Å². The van der Waals surface area contributed by atoms with Crippen molar-refractivity contribution in [3.8, 4) is 5.75 Å². The van der Waals surface area contributed by atoms with Crippen LogP contribution < -0.4 is 10.1 Å². The Balaban J connectivity index is 1.96. The molecule has 1 amide bonds. The van der Waals surface area contributed by atoms with Gasteiger partial charge in [0, 0.05) is 11.4 Å². The number of rotatable bonds is 5. The van der Waals surface area contributed by atoms with Crippen molar-refractivity contribution in [1.29, 1.82) is 0 Å². The third kappa shape index (κ3) is 5.83. The first-order valence-electron chi connectivity index (χ1n) is 6.72. The topological polar surface area (TPSA) is 38.3 Å². The van der Waals surface area contributed by atoms with Gasteiger partial charge in [-0.25, -0.2) is 0 Å². The molecule has 0 fully saturated rings. The Morgan fingerprint density at radius 1 is 1.09 bits per heavy atom. The number of carbonyl (C=O) groups excluding carboxylic acids is 1. The third-order valence-corrected chi connectivity index (χ3v) is 3.19. The zero-order valence-corrected chi connectivity index (χ0v) is 12.6. The van der Waals surface area contributed by atoms with Crippen molar-refractivity contribution < 1.29 is 22.7 Å². The number of aryl methyl sites for hydroxylation is 1. The lowest BCUT2D eigenvalue weighted by molar-refractivity contribution is -0.274. The van der Waals surface area contributed by atoms with Crippen LogP contribution in [0, 0.1) is 0 Å². The van der Waals surface area contributed by atoms with Gasteiger partial charge in [-0.15, -0.1) is 13.2 Å². The van der Waals surface area contributed by atoms with E-state index >= 15 is 0 Å². The number of para-hydroxylation sites is 2. The van der Waals surface area contributed by atoms with E-state index in [1.807, 2.05) is 0 Å². The van der Waals surface area contributed by atoms with Crippen LogP contribution in [0.3, 0.4) is 0 Å². The number of nitrogens with one attached hydrogen (secondary N) is 1. The number of benzene rings is 2. The standard InChI is InChI=1S/C16H13ClF3NO2/c17-12-8-5-11(6-9-12)7-10-15(22)21-13-3-1-2-4-14(13)23-16(18,19)20/h1-6,8-9H,7,10H2,(H,21,22). The molecule has 0 aliphatic rings. The average Bonchev–Trinajstić information content (AvgIpc) is 2.47. The molecule has 0 saturated carbocycles. The van der Waals surface area contributed by atoms with E-state index in [4.69, 9.17) is 11.6 Å². The van der Waals surface area contributed by atoms with Crippen LogP contribution >= 0.6 is 11.6 Å². The van der Waals surface area contributed by atoms with Gasteiger partial charge in [-0.1, -0.05) is 35.9 Å². The van der Waals surface area contributed by atoms with Crippen LogP contribution in [-0.2, 0) is 11.2 Å². The largest absolute Gasteiger partial charge is 0.573 e. The van der Waals surface area contributed by atoms with Gasteiger partial charge in [-0.3, -0.25) is 4.79 Å². The second-order valence-electron chi connectivity index (χ2n) is 4.72. The fraction of sp³-hybridized carbons (Fsp3) is 0.188. The number of ether oxygens (including phenoxy) is 1. The summed E-state index contributed by atoms with van der Waals surface area (Å²) in [5.41, 5.74) is 0.885. The van der Waals surface area contributed by atoms with Gasteiger partial charge in [-0.05, 0) is 36.2 Å². The summed E-state index contributed by atoms with van der Waals surface area (Å²) in [5, 5.41) is 3.02. The Bertz CT molecular complexity index is 672. The minimum atomic E-state index is -4.82. The molecular weight excluding hydrogens is 331 g/mol. The molecule has 1 N–H and O–H groups in total. The molecule has 2 rings (SSSR count). The molecule has 122 valence electrons. The number of carbonyl (C=O) groups is 1. The molecule has 0 aromatic heterocycles. The molecule has 0 unspecified atom stereocenters. The second-order valence-corrected chi connectivity index (χ2v) is 5.16. The third-order valence-electron chi connectivity index (χ3n) is 2.94. The summed E-state index contributed by atoms with van der Waals surface area (Å²) in [6.07, 6.45) is -4.24. The van der Waals surface area contributed by atoms with Gasteiger partial charge in [0.1, 0.15) is 0 Å². The minimum Gasteiger partial charge on any atom is -0.404 e. The molecule has 0 saturated heterocycles. The van der Waals surface area contributed by atoms with Crippen molar-refractivity contribution in [2.24, 2.45) is 0 Å². The number of hydrogen-bond donors (Lipinski definition) is 1. The monoisotopic (exact) mass is 343 g/mol. The van der Waals surface area contributed by atoms with E-state index in [1.54, 1.807) is 24.3 Å². The van der Waals surface area contributed by atoms with Crippen molar-refractivity contribution in [2.45, 2.75) is 19.2 Å². The first-order chi connectivity index (χ1) is 10.8. The Hall–Kier alpha value is -2.21. The van der Waals surface area contributed by atoms with Gasteiger partial charge >= 0.3 is 6.36 Å². The SMILES string of the molecule is O=C(CCc1ccc(Cl)cc1)Nc1ccccc1OC(F)(F)F. The molecule has 23 heavy (non-hydrogen) atoms. The van der Waals surface area contributed by atoms with E-state index in [9.17, 15) is 18.0 Å². The molecule has 0 aliphatic heterocycles. The Kier molecular flexibility index (Phi) is 5.50. The number of amides is 1. The van der Waals surface area contributed by atoms with Gasteiger partial charge in [0.05, 0.1) is 5.69 Å². The lowest BCUT2D eigenvalue weighted by atomic mass is 10.1. The number of halogens is 4. The summed E-state index contributed by atoms with van der Waals surface area (Å²) in [4.78, 5) is 11.9. The molecule has 2 aromatic rings. The molecule has 0 spiro atoms. The first kappa shape index (κ1) is 17.1. The van der Waals surface area contributed by atoms with Crippen LogP contribution in [0.1, 0.15) is 12.0 Å². The van der Waals surface area contributed by atoms with Crippen LogP contribution in [0.5, 0.6) is 5.75 Å². The Labute approximate surface area is 136 Å². The Morgan fingerprint density at radius 2 is 1.74 bits per heavy atom. The molecule has 0 radical (unpaired) electrons. The van der Waals surface area contributed by atoms with Crippen molar-refractivity contribution in [3.63, 3.8) is 0 Å². The van der Waals surface area contributed by atoms with E-state index < -0.39 is 18.0 Å². The van der Waals surface area contributed by atoms with Crippen LogP contribution in [0.15, 0.2) is 48.5 Å². The van der Waals surface area contributed by atoms with E-state index in [0.717, 1.165) is 11.6 Å². The van der Waals surface area contributed by atoms with Crippen molar-refractivity contribution in [2.75, 3.05) is 5.32 Å². The van der Waals surface area contributed by atoms with Gasteiger partial charge in [0.25, 0.3) is 0 Å². The molecule has 0 heterocycles. The predicted molar refractivity (Wildman–Crippen MR) is 81.5 cm³/mol. The summed E-state index contributed by atoms with van der Waals surface area (Å²) in [6.45, 7) is 0. The first-order valence-corrected chi connectivity index (χ1v) is 7.10. The van der Waals surface area contributed by atoms with Crippen LogP contribution in [-0.4, -0.2) is 12.3 Å². The predicted octanol–water partition coefficient (Wildman–Crippen LogP) is 4.81. The maximum absolute atomic E-state index is 12.3. The highest BCUT2D eigenvalue weighted by Gasteiger charge is 2.32. The maximum atomic E-state index is 12.3. The lowest BCUT2D eigenvalue weighted by Gasteiger charge is -2.13. The smallest absolute Gasteiger partial charge is 0.404 e. The van der Waals surface area contributed by atoms with Crippen LogP contribution in [0.2, 0.25) is 5.02 Å². The van der Waals surface area contributed by atoms with Crippen LogP contribution in [0.4, 0.5) is 18.9 Å². The normalized spacial score (nSPS) is 11.1. The molecule has 0 bridgehead atoms. The van der Waals surface area contributed by atoms with Crippen LogP contribution in [0.25, 0.3) is 0 Å². The van der Waals surface area contributed by atoms with Gasteiger partial charge < -0.3 is 10.1 Å². The fourth-order valence-corrected chi connectivity index (χ4v) is 2.03. The number of anilines is 1. The summed E-state index contributed by atoms with van der Waals surface area (Å²) in [5.74, 6) is -0.849. The summed E-state index contributed by atoms with van der Waals surface area (Å²) in [7, 11) is 0. The number of alkyl halides is 3. The second kappa shape index (κ2) is 7.37. The quantitative estimate of drug-likeness (QED) is 0.846. The molecule has 0 aliphatic carbocycles. The molecule has 2 aromatic carbocycles. The highest BCUT2D eigenvalue weighted by Crippen LogP contribution is 2.30. The van der Waals surface area contributed by atoms with Gasteiger partial charge in [0.15, 0.2) is 5.75 Å². The molecule has 3 nitrogen and oxygen atoms in total. The summed E-state index contributed by atoms with van der Waals surface area (Å²) >= 11 is 5.77.